The lowest BCUT2D eigenvalue weighted by Gasteiger charge is -2.23. The summed E-state index contributed by atoms with van der Waals surface area (Å²) in [5.41, 5.74) is 3.05. The summed E-state index contributed by atoms with van der Waals surface area (Å²) in [4.78, 5) is 17.0. The van der Waals surface area contributed by atoms with Crippen LogP contribution < -0.4 is 20.7 Å². The molecule has 3 N–H and O–H groups in total. The zero-order valence-corrected chi connectivity index (χ0v) is 17.1. The van der Waals surface area contributed by atoms with Gasteiger partial charge in [0.2, 0.25) is 0 Å². The number of rotatable bonds is 9. The van der Waals surface area contributed by atoms with E-state index in [0.29, 0.717) is 49.0 Å². The van der Waals surface area contributed by atoms with Gasteiger partial charge < -0.3 is 25.4 Å². The van der Waals surface area contributed by atoms with Crippen molar-refractivity contribution in [2.24, 2.45) is 0 Å². The summed E-state index contributed by atoms with van der Waals surface area (Å²) in [6, 6.07) is 11.4. The fourth-order valence-corrected chi connectivity index (χ4v) is 3.24. The van der Waals surface area contributed by atoms with Crippen LogP contribution in [0.3, 0.4) is 0 Å². The molecule has 0 atom stereocenters. The highest BCUT2D eigenvalue weighted by Gasteiger charge is 2.24. The minimum Gasteiger partial charge on any atom is -0.489 e. The maximum absolute atomic E-state index is 12.5. The van der Waals surface area contributed by atoms with Gasteiger partial charge in [0.15, 0.2) is 0 Å². The van der Waals surface area contributed by atoms with Crippen molar-refractivity contribution in [2.45, 2.75) is 13.0 Å². The number of pyridine rings is 1. The molecular weight excluding hydrogens is 388 g/mol. The lowest BCUT2D eigenvalue weighted by atomic mass is 10.1. The summed E-state index contributed by atoms with van der Waals surface area (Å²) in [6.45, 7) is 1.99. The molecule has 0 saturated carbocycles. The molecule has 1 aromatic heterocycles. The van der Waals surface area contributed by atoms with Crippen LogP contribution in [0.4, 0.5) is 5.69 Å². The zero-order chi connectivity index (χ0) is 20.5. The van der Waals surface area contributed by atoms with E-state index in [1.165, 1.54) is 0 Å². The molecule has 0 unspecified atom stereocenters. The fraction of sp³-hybridized carbons (Fsp3) is 0.286. The van der Waals surface area contributed by atoms with Crippen molar-refractivity contribution in [3.8, 4) is 5.75 Å². The van der Waals surface area contributed by atoms with E-state index in [9.17, 15) is 4.79 Å². The van der Waals surface area contributed by atoms with Crippen molar-refractivity contribution in [1.82, 2.24) is 15.6 Å². The molecule has 152 valence electrons. The third-order valence-electron chi connectivity index (χ3n) is 4.36. The lowest BCUT2D eigenvalue weighted by molar-refractivity contribution is -0.117. The monoisotopic (exact) mass is 412 g/mol. The van der Waals surface area contributed by atoms with Crippen LogP contribution in [0.25, 0.3) is 0 Å². The predicted molar refractivity (Wildman–Crippen MR) is 116 cm³/mol. The van der Waals surface area contributed by atoms with Crippen LogP contribution in [0, 0.1) is 0 Å². The van der Waals surface area contributed by atoms with E-state index >= 15 is 0 Å². The van der Waals surface area contributed by atoms with Gasteiger partial charge in [0.1, 0.15) is 17.3 Å². The van der Waals surface area contributed by atoms with Crippen LogP contribution in [0.5, 0.6) is 5.75 Å². The van der Waals surface area contributed by atoms with Crippen LogP contribution in [0.2, 0.25) is 0 Å². The zero-order valence-electron chi connectivity index (χ0n) is 16.2. The highest BCUT2D eigenvalue weighted by Crippen LogP contribution is 2.20. The number of carbonyl (C=O) groups is 1. The van der Waals surface area contributed by atoms with Gasteiger partial charge in [0, 0.05) is 49.8 Å². The first-order chi connectivity index (χ1) is 14.2. The average Bonchev–Trinajstić information content (AvgIpc) is 2.74. The smallest absolute Gasteiger partial charge is 0.256 e. The maximum atomic E-state index is 12.5. The molecule has 0 bridgehead atoms. The number of hydrogen-bond acceptors (Lipinski definition) is 6. The molecular formula is C21H24N4O3S. The Hall–Kier alpha value is -2.97. The number of hydrogen-bond donors (Lipinski definition) is 3. The molecule has 0 fully saturated rings. The Morgan fingerprint density at radius 1 is 1.24 bits per heavy atom. The van der Waals surface area contributed by atoms with E-state index in [0.717, 1.165) is 16.9 Å². The highest BCUT2D eigenvalue weighted by atomic mass is 32.1. The number of thiocarbonyl (C=S) groups is 1. The number of benzene rings is 1. The van der Waals surface area contributed by atoms with Crippen LogP contribution in [-0.2, 0) is 16.1 Å². The molecule has 0 saturated heterocycles. The molecule has 0 spiro atoms. The largest absolute Gasteiger partial charge is 0.489 e. The first-order valence-electron chi connectivity index (χ1n) is 9.35. The topological polar surface area (TPSA) is 84.5 Å². The third kappa shape index (κ3) is 5.75. The van der Waals surface area contributed by atoms with Crippen LogP contribution in [0.1, 0.15) is 12.0 Å². The van der Waals surface area contributed by atoms with E-state index in [2.05, 4.69) is 20.9 Å². The van der Waals surface area contributed by atoms with Crippen LogP contribution in [-0.4, -0.2) is 42.7 Å². The Kier molecular flexibility index (Phi) is 7.54. The second kappa shape index (κ2) is 10.5. The number of ether oxygens (including phenoxy) is 2. The van der Waals surface area contributed by atoms with Gasteiger partial charge in [-0.2, -0.15) is 0 Å². The maximum Gasteiger partial charge on any atom is 0.256 e. The number of aromatic nitrogens is 1. The van der Waals surface area contributed by atoms with Crippen molar-refractivity contribution >= 4 is 28.8 Å². The quantitative estimate of drug-likeness (QED) is 0.431. The van der Waals surface area contributed by atoms with Crippen LogP contribution >= 0.6 is 12.2 Å². The van der Waals surface area contributed by atoms with Crippen molar-refractivity contribution in [2.75, 3.05) is 32.2 Å². The molecule has 29 heavy (non-hydrogen) atoms. The number of para-hydroxylation sites is 1. The Bertz CT molecular complexity index is 887. The molecule has 2 heterocycles. The van der Waals surface area contributed by atoms with Gasteiger partial charge in [-0.05, 0) is 18.2 Å². The van der Waals surface area contributed by atoms with Crippen molar-refractivity contribution < 1.29 is 14.3 Å². The number of anilines is 1. The molecule has 2 aromatic rings. The highest BCUT2D eigenvalue weighted by molar-refractivity contribution is 7.81. The molecule has 1 aliphatic rings. The summed E-state index contributed by atoms with van der Waals surface area (Å²) in [7, 11) is 1.63. The molecule has 0 aliphatic carbocycles. The molecule has 8 heteroatoms. The predicted octanol–water partition coefficient (Wildman–Crippen LogP) is 2.41. The van der Waals surface area contributed by atoms with Crippen LogP contribution in [0.15, 0.2) is 60.1 Å². The SMILES string of the molecule is COCCOc1cnccc1CNC1=C(C(=S)Nc2ccccc2)C(=O)NCC1. The number of amides is 1. The lowest BCUT2D eigenvalue weighted by Crippen LogP contribution is -2.39. The van der Waals surface area contributed by atoms with Gasteiger partial charge in [-0.15, -0.1) is 0 Å². The number of nitrogens with one attached hydrogen (secondary N) is 3. The van der Waals surface area contributed by atoms with E-state index in [4.69, 9.17) is 21.7 Å². The van der Waals surface area contributed by atoms with Gasteiger partial charge >= 0.3 is 0 Å². The van der Waals surface area contributed by atoms with Gasteiger partial charge in [-0.1, -0.05) is 30.4 Å². The minimum atomic E-state index is -0.182. The van der Waals surface area contributed by atoms with Gasteiger partial charge in [0.05, 0.1) is 18.4 Å². The molecule has 7 nitrogen and oxygen atoms in total. The van der Waals surface area contributed by atoms with Gasteiger partial charge in [-0.25, -0.2) is 0 Å². The first kappa shape index (κ1) is 20.8. The van der Waals surface area contributed by atoms with E-state index in [1.807, 2.05) is 36.4 Å². The molecule has 1 aromatic carbocycles. The Balaban J connectivity index is 1.74. The standard InChI is InChI=1S/C21H24N4O3S/c1-27-11-12-28-18-14-22-9-7-15(18)13-24-17-8-10-23-20(26)19(17)21(29)25-16-5-3-2-4-6-16/h2-7,9,14,24H,8,10-13H2,1H3,(H,23,26)(H,25,29). The van der Waals surface area contributed by atoms with Crippen molar-refractivity contribution in [1.29, 1.82) is 0 Å². The number of carbonyl (C=O) groups excluding carboxylic acids is 1. The fourth-order valence-electron chi connectivity index (χ4n) is 2.91. The van der Waals surface area contributed by atoms with Crippen molar-refractivity contribution in [3.05, 3.63) is 65.6 Å². The number of methoxy groups -OCH3 is 1. The molecule has 1 aliphatic heterocycles. The third-order valence-corrected chi connectivity index (χ3v) is 4.66. The van der Waals surface area contributed by atoms with Gasteiger partial charge in [0.25, 0.3) is 5.91 Å². The Morgan fingerprint density at radius 2 is 2.07 bits per heavy atom. The van der Waals surface area contributed by atoms with E-state index in [-0.39, 0.29) is 5.91 Å². The molecule has 0 radical (unpaired) electrons. The normalized spacial score (nSPS) is 13.6. The summed E-state index contributed by atoms with van der Waals surface area (Å²) in [6.07, 6.45) is 4.06. The second-order valence-electron chi connectivity index (χ2n) is 6.36. The summed E-state index contributed by atoms with van der Waals surface area (Å²) in [5, 5.41) is 9.37. The van der Waals surface area contributed by atoms with Crippen molar-refractivity contribution in [3.63, 3.8) is 0 Å². The van der Waals surface area contributed by atoms with E-state index < -0.39 is 0 Å². The Morgan fingerprint density at radius 3 is 2.86 bits per heavy atom. The minimum absolute atomic E-state index is 0.182. The molecule has 1 amide bonds. The molecule has 3 rings (SSSR count). The average molecular weight is 413 g/mol. The summed E-state index contributed by atoms with van der Waals surface area (Å²) < 4.78 is 10.8. The second-order valence-corrected chi connectivity index (χ2v) is 6.77. The Labute approximate surface area is 175 Å². The van der Waals surface area contributed by atoms with Gasteiger partial charge in [-0.3, -0.25) is 9.78 Å². The summed E-state index contributed by atoms with van der Waals surface area (Å²) in [5.74, 6) is 0.503. The van der Waals surface area contributed by atoms with E-state index in [1.54, 1.807) is 19.5 Å². The first-order valence-corrected chi connectivity index (χ1v) is 9.76. The number of nitrogens with zero attached hydrogens (tertiary/aromatic N) is 1. The summed E-state index contributed by atoms with van der Waals surface area (Å²) >= 11 is 5.52.